The van der Waals surface area contributed by atoms with E-state index in [2.05, 4.69) is 29.8 Å². The van der Waals surface area contributed by atoms with E-state index in [9.17, 15) is 19.2 Å². The van der Waals surface area contributed by atoms with E-state index < -0.39 is 29.8 Å². The predicted octanol–water partition coefficient (Wildman–Crippen LogP) is 3.27. The van der Waals surface area contributed by atoms with E-state index in [1.807, 2.05) is 45.0 Å². The third-order valence-corrected chi connectivity index (χ3v) is 7.01. The summed E-state index contributed by atoms with van der Waals surface area (Å²) >= 11 is 0. The van der Waals surface area contributed by atoms with E-state index in [1.165, 1.54) is 5.56 Å². The molecular weight excluding hydrogens is 536 g/mol. The van der Waals surface area contributed by atoms with Gasteiger partial charge in [-0.2, -0.15) is 0 Å². The molecular formula is C32H44N4O6. The molecule has 10 nitrogen and oxygen atoms in total. The summed E-state index contributed by atoms with van der Waals surface area (Å²) in [6, 6.07) is 12.5. The maximum Gasteiger partial charge on any atom is 0.255 e. The van der Waals surface area contributed by atoms with Crippen molar-refractivity contribution >= 4 is 23.6 Å². The van der Waals surface area contributed by atoms with Gasteiger partial charge in [-0.05, 0) is 55.0 Å². The number of nitrogens with zero attached hydrogens (tertiary/aromatic N) is 1. The number of hydrogen-bond donors (Lipinski definition) is 3. The molecule has 10 heteroatoms. The molecule has 3 rings (SSSR count). The zero-order chi connectivity index (χ0) is 30.6. The minimum absolute atomic E-state index is 0.139. The number of benzene rings is 2. The Hall–Kier alpha value is -4.08. The lowest BCUT2D eigenvalue weighted by molar-refractivity contribution is -0.137. The lowest BCUT2D eigenvalue weighted by Gasteiger charge is -2.29. The molecule has 2 aromatic rings. The normalized spacial score (nSPS) is 18.5. The molecule has 228 valence electrons. The molecule has 0 saturated carbocycles. The molecule has 3 N–H and O–H groups in total. The van der Waals surface area contributed by atoms with Gasteiger partial charge in [0.05, 0.1) is 25.1 Å². The van der Waals surface area contributed by atoms with Crippen molar-refractivity contribution in [1.29, 1.82) is 0 Å². The summed E-state index contributed by atoms with van der Waals surface area (Å²) in [5, 5.41) is 8.26. The highest BCUT2D eigenvalue weighted by Crippen LogP contribution is 2.20. The second-order valence-corrected chi connectivity index (χ2v) is 11.1. The number of hydrogen-bond acceptors (Lipinski definition) is 6. The van der Waals surface area contributed by atoms with Gasteiger partial charge in [0.1, 0.15) is 36.8 Å². The molecule has 1 aliphatic heterocycles. The summed E-state index contributed by atoms with van der Waals surface area (Å²) in [4.78, 5) is 54.7. The lowest BCUT2D eigenvalue weighted by Crippen LogP contribution is -2.53. The molecule has 0 aromatic heterocycles. The number of likely N-dealkylation sites (N-methyl/N-ethyl adjacent to an activating group) is 1. The summed E-state index contributed by atoms with van der Waals surface area (Å²) < 4.78 is 11.6. The molecule has 0 aliphatic carbocycles. The van der Waals surface area contributed by atoms with Crippen LogP contribution in [0.2, 0.25) is 0 Å². The van der Waals surface area contributed by atoms with Gasteiger partial charge in [-0.1, -0.05) is 52.0 Å². The first-order valence-electron chi connectivity index (χ1n) is 14.7. The molecule has 0 unspecified atom stereocenters. The van der Waals surface area contributed by atoms with Crippen molar-refractivity contribution in [1.82, 2.24) is 20.9 Å². The Labute approximate surface area is 248 Å². The Morgan fingerprint density at radius 3 is 2.43 bits per heavy atom. The van der Waals surface area contributed by atoms with Crippen LogP contribution in [-0.2, 0) is 14.4 Å². The number of carbonyl (C=O) groups excluding carboxylic acids is 4. The quantitative estimate of drug-likeness (QED) is 0.391. The molecule has 1 heterocycles. The fourth-order valence-electron chi connectivity index (χ4n) is 4.68. The first-order valence-corrected chi connectivity index (χ1v) is 14.7. The van der Waals surface area contributed by atoms with Crippen molar-refractivity contribution in [3.63, 3.8) is 0 Å². The van der Waals surface area contributed by atoms with Crippen LogP contribution in [0.1, 0.15) is 69.3 Å². The molecule has 0 spiro atoms. The van der Waals surface area contributed by atoms with Crippen LogP contribution >= 0.6 is 0 Å². The van der Waals surface area contributed by atoms with E-state index in [-0.39, 0.29) is 43.6 Å². The van der Waals surface area contributed by atoms with Gasteiger partial charge in [-0.15, -0.1) is 0 Å². The summed E-state index contributed by atoms with van der Waals surface area (Å²) in [6.07, 6.45) is 0.0928. The smallest absolute Gasteiger partial charge is 0.255 e. The van der Waals surface area contributed by atoms with E-state index >= 15 is 0 Å². The van der Waals surface area contributed by atoms with Gasteiger partial charge in [0, 0.05) is 6.54 Å². The van der Waals surface area contributed by atoms with E-state index in [0.717, 1.165) is 0 Å². The Balaban J connectivity index is 1.75. The minimum Gasteiger partial charge on any atom is -0.492 e. The maximum absolute atomic E-state index is 13.4. The first-order chi connectivity index (χ1) is 20.1. The molecule has 42 heavy (non-hydrogen) atoms. The predicted molar refractivity (Wildman–Crippen MR) is 160 cm³/mol. The number of rotatable bonds is 9. The van der Waals surface area contributed by atoms with E-state index in [1.54, 1.807) is 29.2 Å². The number of nitrogens with one attached hydrogen (secondary N) is 3. The van der Waals surface area contributed by atoms with Crippen LogP contribution < -0.4 is 25.4 Å². The number of carbonyl (C=O) groups is 4. The van der Waals surface area contributed by atoms with Crippen molar-refractivity contribution in [2.24, 2.45) is 5.92 Å². The van der Waals surface area contributed by atoms with Gasteiger partial charge >= 0.3 is 0 Å². The Morgan fingerprint density at radius 2 is 1.76 bits per heavy atom. The highest BCUT2D eigenvalue weighted by molar-refractivity contribution is 6.01. The topological polar surface area (TPSA) is 126 Å². The molecule has 0 fully saturated rings. The Morgan fingerprint density at radius 1 is 1.05 bits per heavy atom. The molecule has 0 saturated heterocycles. The molecule has 0 bridgehead atoms. The van der Waals surface area contributed by atoms with Crippen LogP contribution in [0.4, 0.5) is 0 Å². The number of ether oxygens (including phenoxy) is 2. The lowest BCUT2D eigenvalue weighted by atomic mass is 10.0. The van der Waals surface area contributed by atoms with Crippen LogP contribution in [-0.4, -0.2) is 73.5 Å². The van der Waals surface area contributed by atoms with Gasteiger partial charge in [0.2, 0.25) is 17.7 Å². The monoisotopic (exact) mass is 580 g/mol. The number of para-hydroxylation sites is 1. The van der Waals surface area contributed by atoms with Gasteiger partial charge in [-0.25, -0.2) is 0 Å². The first kappa shape index (κ1) is 32.4. The van der Waals surface area contributed by atoms with Crippen LogP contribution in [0.15, 0.2) is 48.5 Å². The summed E-state index contributed by atoms with van der Waals surface area (Å²) in [6.45, 7) is 11.3. The third-order valence-electron chi connectivity index (χ3n) is 7.01. The van der Waals surface area contributed by atoms with Crippen molar-refractivity contribution in [2.45, 2.75) is 65.5 Å². The summed E-state index contributed by atoms with van der Waals surface area (Å²) in [7, 11) is 0. The van der Waals surface area contributed by atoms with Crippen molar-refractivity contribution in [3.8, 4) is 11.5 Å². The van der Waals surface area contributed by atoms with Gasteiger partial charge < -0.3 is 30.3 Å². The molecule has 4 amide bonds. The standard InChI is InChI=1S/C32H44N4O6/c1-6-36-16-18-42-28-10-8-7-9-25(28)30(38)35-26(20-29(37)34-27(32(36)40)19-21(2)3)31(39)33-15-17-41-24-13-11-23(12-14-24)22(4)5/h7-14,21-22,26-27H,6,15-20H2,1-5H3,(H,33,39)(H,34,37)(H,35,38)/t26-,27-/m0/s1. The fraction of sp³-hybridized carbons (Fsp3) is 0.500. The van der Waals surface area contributed by atoms with Crippen LogP contribution in [0.25, 0.3) is 0 Å². The zero-order valence-corrected chi connectivity index (χ0v) is 25.3. The van der Waals surface area contributed by atoms with Gasteiger partial charge in [0.25, 0.3) is 5.91 Å². The number of fused-ring (bicyclic) bond motifs is 1. The van der Waals surface area contributed by atoms with Crippen LogP contribution in [0.3, 0.4) is 0 Å². The van der Waals surface area contributed by atoms with Crippen molar-refractivity contribution < 1.29 is 28.7 Å². The molecule has 0 radical (unpaired) electrons. The second kappa shape index (κ2) is 15.8. The maximum atomic E-state index is 13.4. The largest absolute Gasteiger partial charge is 0.492 e. The van der Waals surface area contributed by atoms with Crippen molar-refractivity contribution in [3.05, 3.63) is 59.7 Å². The fourth-order valence-corrected chi connectivity index (χ4v) is 4.68. The zero-order valence-electron chi connectivity index (χ0n) is 25.3. The molecule has 1 aliphatic rings. The average Bonchev–Trinajstić information content (AvgIpc) is 2.96. The van der Waals surface area contributed by atoms with Gasteiger partial charge in [0.15, 0.2) is 0 Å². The summed E-state index contributed by atoms with van der Waals surface area (Å²) in [5.41, 5.74) is 1.43. The van der Waals surface area contributed by atoms with Gasteiger partial charge in [-0.3, -0.25) is 19.2 Å². The highest BCUT2D eigenvalue weighted by Gasteiger charge is 2.30. The van der Waals surface area contributed by atoms with Crippen molar-refractivity contribution in [2.75, 3.05) is 32.8 Å². The third kappa shape index (κ3) is 9.49. The Bertz CT molecular complexity index is 1210. The highest BCUT2D eigenvalue weighted by atomic mass is 16.5. The number of amides is 4. The summed E-state index contributed by atoms with van der Waals surface area (Å²) in [5.74, 6) is -0.240. The second-order valence-electron chi connectivity index (χ2n) is 11.1. The average molecular weight is 581 g/mol. The molecule has 2 atom stereocenters. The van der Waals surface area contributed by atoms with Crippen LogP contribution in [0, 0.1) is 5.92 Å². The Kier molecular flexibility index (Phi) is 12.2. The van der Waals surface area contributed by atoms with E-state index in [4.69, 9.17) is 9.47 Å². The van der Waals surface area contributed by atoms with Crippen LogP contribution in [0.5, 0.6) is 11.5 Å². The van der Waals surface area contributed by atoms with E-state index in [0.29, 0.717) is 36.9 Å². The molecule has 2 aromatic carbocycles. The minimum atomic E-state index is -1.18. The SMILES string of the molecule is CCN1CCOc2ccccc2C(=O)N[C@H](C(=O)NCCOc2ccc(C(C)C)cc2)CC(=O)N[C@@H](CC(C)C)C1=O.